The number of benzene rings is 1. The average molecular weight is 365 g/mol. The van der Waals surface area contributed by atoms with Crippen molar-refractivity contribution in [3.8, 4) is 0 Å². The lowest BCUT2D eigenvalue weighted by molar-refractivity contribution is 0.244. The van der Waals surface area contributed by atoms with E-state index in [-0.39, 0.29) is 5.82 Å². The Morgan fingerprint density at radius 1 is 1.47 bits per heavy atom. The molecule has 1 aromatic carbocycles. The number of rotatable bonds is 3. The Bertz CT molecular complexity index is 397. The van der Waals surface area contributed by atoms with E-state index in [1.807, 2.05) is 12.1 Å². The third-order valence-corrected chi connectivity index (χ3v) is 4.80. The molecule has 0 aromatic heterocycles. The second-order valence-corrected chi connectivity index (χ2v) is 6.21. The lowest BCUT2D eigenvalue weighted by Crippen LogP contribution is -2.32. The molecule has 1 fully saturated rings. The van der Waals surface area contributed by atoms with E-state index < -0.39 is 0 Å². The molecular formula is C13H16Br2FN. The minimum Gasteiger partial charge on any atom is -0.295 e. The highest BCUT2D eigenvalue weighted by Crippen LogP contribution is 2.27. The Labute approximate surface area is 119 Å². The Balaban J connectivity index is 2.07. The van der Waals surface area contributed by atoms with Gasteiger partial charge in [0.2, 0.25) is 0 Å². The summed E-state index contributed by atoms with van der Waals surface area (Å²) in [7, 11) is 0. The predicted molar refractivity (Wildman–Crippen MR) is 75.9 cm³/mol. The molecule has 1 aliphatic rings. The van der Waals surface area contributed by atoms with Crippen molar-refractivity contribution in [3.63, 3.8) is 0 Å². The summed E-state index contributed by atoms with van der Waals surface area (Å²) in [4.78, 5) is 2.47. The van der Waals surface area contributed by atoms with E-state index in [2.05, 4.69) is 43.7 Å². The molecule has 0 spiro atoms. The van der Waals surface area contributed by atoms with Gasteiger partial charge >= 0.3 is 0 Å². The zero-order valence-electron chi connectivity index (χ0n) is 9.80. The fourth-order valence-electron chi connectivity index (χ4n) is 2.41. The molecule has 0 saturated carbocycles. The zero-order valence-corrected chi connectivity index (χ0v) is 13.0. The molecular weight excluding hydrogens is 349 g/mol. The number of likely N-dealkylation sites (tertiary alicyclic amines) is 1. The standard InChI is InChI=1S/C13H16Br2FN/c1-9-4-5-17(13(9)7-14)8-10-2-3-12(16)11(15)6-10/h2-3,6,9,13H,4-5,7-8H2,1H3. The van der Waals surface area contributed by atoms with Crippen molar-refractivity contribution in [2.24, 2.45) is 5.92 Å². The van der Waals surface area contributed by atoms with Crippen LogP contribution in [0.2, 0.25) is 0 Å². The second kappa shape index (κ2) is 5.81. The first-order valence-corrected chi connectivity index (χ1v) is 7.77. The summed E-state index contributed by atoms with van der Waals surface area (Å²) in [5.74, 6) is 0.541. The summed E-state index contributed by atoms with van der Waals surface area (Å²) in [6.45, 7) is 4.33. The molecule has 0 aliphatic carbocycles. The summed E-state index contributed by atoms with van der Waals surface area (Å²) in [6.07, 6.45) is 1.25. The molecule has 1 saturated heterocycles. The van der Waals surface area contributed by atoms with Crippen molar-refractivity contribution in [1.82, 2.24) is 4.90 Å². The first kappa shape index (κ1) is 13.5. The summed E-state index contributed by atoms with van der Waals surface area (Å²) >= 11 is 6.82. The molecule has 0 bridgehead atoms. The molecule has 1 nitrogen and oxygen atoms in total. The highest BCUT2D eigenvalue weighted by molar-refractivity contribution is 9.10. The summed E-state index contributed by atoms with van der Waals surface area (Å²) in [6, 6.07) is 5.87. The van der Waals surface area contributed by atoms with Gasteiger partial charge in [0.05, 0.1) is 4.47 Å². The van der Waals surface area contributed by atoms with Crippen molar-refractivity contribution in [2.75, 3.05) is 11.9 Å². The Morgan fingerprint density at radius 2 is 2.24 bits per heavy atom. The van der Waals surface area contributed by atoms with E-state index in [4.69, 9.17) is 0 Å². The van der Waals surface area contributed by atoms with Gasteiger partial charge in [0.25, 0.3) is 0 Å². The average Bonchev–Trinajstić information content (AvgIpc) is 2.64. The van der Waals surface area contributed by atoms with Crippen LogP contribution in [-0.4, -0.2) is 22.8 Å². The first-order valence-electron chi connectivity index (χ1n) is 5.85. The van der Waals surface area contributed by atoms with E-state index in [1.54, 1.807) is 0 Å². The monoisotopic (exact) mass is 363 g/mol. The fourth-order valence-corrected chi connectivity index (χ4v) is 3.88. The van der Waals surface area contributed by atoms with Gasteiger partial charge in [-0.25, -0.2) is 4.39 Å². The highest BCUT2D eigenvalue weighted by atomic mass is 79.9. The van der Waals surface area contributed by atoms with E-state index in [1.165, 1.54) is 18.1 Å². The normalized spacial score (nSPS) is 25.4. The summed E-state index contributed by atoms with van der Waals surface area (Å²) in [5, 5.41) is 1.01. The molecule has 1 aliphatic heterocycles. The lowest BCUT2D eigenvalue weighted by Gasteiger charge is -2.25. The van der Waals surface area contributed by atoms with Crippen LogP contribution in [0.5, 0.6) is 0 Å². The maximum atomic E-state index is 13.1. The van der Waals surface area contributed by atoms with Crippen LogP contribution in [0.15, 0.2) is 22.7 Å². The Hall–Kier alpha value is 0.0700. The molecule has 0 radical (unpaired) electrons. The molecule has 1 heterocycles. The van der Waals surface area contributed by atoms with Gasteiger partial charge in [-0.1, -0.05) is 28.9 Å². The smallest absolute Gasteiger partial charge is 0.137 e. The molecule has 2 rings (SSSR count). The molecule has 4 heteroatoms. The van der Waals surface area contributed by atoms with Gasteiger partial charge in [0.1, 0.15) is 5.82 Å². The maximum Gasteiger partial charge on any atom is 0.137 e. The van der Waals surface area contributed by atoms with Gasteiger partial charge in [0.15, 0.2) is 0 Å². The number of nitrogens with zero attached hydrogens (tertiary/aromatic N) is 1. The van der Waals surface area contributed by atoms with Crippen LogP contribution in [-0.2, 0) is 6.54 Å². The summed E-state index contributed by atoms with van der Waals surface area (Å²) in [5.41, 5.74) is 1.17. The largest absolute Gasteiger partial charge is 0.295 e. The van der Waals surface area contributed by atoms with Crippen LogP contribution in [0, 0.1) is 11.7 Å². The number of hydrogen-bond acceptors (Lipinski definition) is 1. The second-order valence-electron chi connectivity index (χ2n) is 4.71. The third kappa shape index (κ3) is 3.09. The van der Waals surface area contributed by atoms with Gasteiger partial charge in [0, 0.05) is 17.9 Å². The molecule has 1 aromatic rings. The fraction of sp³-hybridized carbons (Fsp3) is 0.538. The number of alkyl halides is 1. The minimum atomic E-state index is -0.194. The van der Waals surface area contributed by atoms with Crippen molar-refractivity contribution in [2.45, 2.75) is 25.9 Å². The van der Waals surface area contributed by atoms with E-state index >= 15 is 0 Å². The number of halogens is 3. The van der Waals surface area contributed by atoms with E-state index in [0.717, 1.165) is 24.3 Å². The van der Waals surface area contributed by atoms with Crippen LogP contribution in [0.1, 0.15) is 18.9 Å². The van der Waals surface area contributed by atoms with Crippen molar-refractivity contribution < 1.29 is 4.39 Å². The quantitative estimate of drug-likeness (QED) is 0.726. The predicted octanol–water partition coefficient (Wildman–Crippen LogP) is 4.19. The Kier molecular flexibility index (Phi) is 4.61. The van der Waals surface area contributed by atoms with Crippen molar-refractivity contribution in [3.05, 3.63) is 34.1 Å². The van der Waals surface area contributed by atoms with E-state index in [0.29, 0.717) is 10.5 Å². The van der Waals surface area contributed by atoms with Gasteiger partial charge in [-0.15, -0.1) is 0 Å². The maximum absolute atomic E-state index is 13.1. The number of hydrogen-bond donors (Lipinski definition) is 0. The van der Waals surface area contributed by atoms with Gasteiger partial charge in [-0.2, -0.15) is 0 Å². The van der Waals surface area contributed by atoms with Crippen LogP contribution in [0.3, 0.4) is 0 Å². The van der Waals surface area contributed by atoms with Gasteiger partial charge in [-0.3, -0.25) is 4.90 Å². The summed E-state index contributed by atoms with van der Waals surface area (Å²) < 4.78 is 13.7. The molecule has 94 valence electrons. The topological polar surface area (TPSA) is 3.24 Å². The minimum absolute atomic E-state index is 0.194. The van der Waals surface area contributed by atoms with Crippen molar-refractivity contribution in [1.29, 1.82) is 0 Å². The van der Waals surface area contributed by atoms with E-state index in [9.17, 15) is 4.39 Å². The molecule has 17 heavy (non-hydrogen) atoms. The first-order chi connectivity index (χ1) is 8.11. The lowest BCUT2D eigenvalue weighted by atomic mass is 10.0. The van der Waals surface area contributed by atoms with Crippen molar-refractivity contribution >= 4 is 31.9 Å². The zero-order chi connectivity index (χ0) is 12.4. The third-order valence-electron chi connectivity index (χ3n) is 3.53. The van der Waals surface area contributed by atoms with Crippen LogP contribution in [0.4, 0.5) is 4.39 Å². The molecule has 0 N–H and O–H groups in total. The van der Waals surface area contributed by atoms with Gasteiger partial charge in [-0.05, 0) is 52.5 Å². The van der Waals surface area contributed by atoms with Crippen LogP contribution in [0.25, 0.3) is 0 Å². The van der Waals surface area contributed by atoms with Crippen LogP contribution < -0.4 is 0 Å². The molecule has 2 unspecified atom stereocenters. The molecule has 0 amide bonds. The highest BCUT2D eigenvalue weighted by Gasteiger charge is 2.29. The van der Waals surface area contributed by atoms with Crippen LogP contribution >= 0.6 is 31.9 Å². The molecule has 2 atom stereocenters. The SMILES string of the molecule is CC1CCN(Cc2ccc(F)c(Br)c2)C1CBr. The van der Waals surface area contributed by atoms with Gasteiger partial charge < -0.3 is 0 Å². The Morgan fingerprint density at radius 3 is 2.88 bits per heavy atom.